The molecule has 3 fully saturated rings. The van der Waals surface area contributed by atoms with Crippen LogP contribution in [0, 0.1) is 11.3 Å². The lowest BCUT2D eigenvalue weighted by Gasteiger charge is -2.49. The van der Waals surface area contributed by atoms with E-state index in [2.05, 4.69) is 31.0 Å². The molecule has 0 spiro atoms. The van der Waals surface area contributed by atoms with Crippen molar-refractivity contribution in [3.8, 4) is 0 Å². The average Bonchev–Trinajstić information content (AvgIpc) is 3.19. The predicted molar refractivity (Wildman–Crippen MR) is 81.4 cm³/mol. The van der Waals surface area contributed by atoms with Crippen LogP contribution >= 0.6 is 0 Å². The summed E-state index contributed by atoms with van der Waals surface area (Å²) in [5.41, 5.74) is 0.992. The van der Waals surface area contributed by atoms with Gasteiger partial charge >= 0.3 is 0 Å². The van der Waals surface area contributed by atoms with Crippen LogP contribution in [0.5, 0.6) is 0 Å². The largest absolute Gasteiger partial charge is 0.308 e. The molecule has 110 valence electrons. The summed E-state index contributed by atoms with van der Waals surface area (Å²) in [5, 5.41) is 3.85. The summed E-state index contributed by atoms with van der Waals surface area (Å²) in [6.07, 6.45) is 10.2. The lowest BCUT2D eigenvalue weighted by atomic mass is 9.74. The molecule has 0 aromatic heterocycles. The summed E-state index contributed by atoms with van der Waals surface area (Å²) in [6.45, 7) is 11.2. The zero-order chi connectivity index (χ0) is 13.5. The van der Waals surface area contributed by atoms with E-state index >= 15 is 0 Å². The van der Waals surface area contributed by atoms with Crippen molar-refractivity contribution >= 4 is 0 Å². The van der Waals surface area contributed by atoms with Gasteiger partial charge in [-0.2, -0.15) is 0 Å². The van der Waals surface area contributed by atoms with Gasteiger partial charge in [-0.05, 0) is 50.9 Å². The van der Waals surface area contributed by atoms with Crippen molar-refractivity contribution in [2.75, 3.05) is 19.6 Å². The Morgan fingerprint density at radius 1 is 1.11 bits per heavy atom. The van der Waals surface area contributed by atoms with Crippen molar-refractivity contribution in [1.29, 1.82) is 0 Å². The first-order valence-corrected chi connectivity index (χ1v) is 8.50. The lowest BCUT2D eigenvalue weighted by Crippen LogP contribution is -2.64. The van der Waals surface area contributed by atoms with Crippen LogP contribution in [-0.2, 0) is 0 Å². The Morgan fingerprint density at radius 2 is 1.79 bits per heavy atom. The Labute approximate surface area is 119 Å². The molecule has 1 saturated heterocycles. The van der Waals surface area contributed by atoms with Gasteiger partial charge in [-0.25, -0.2) is 0 Å². The second-order valence-corrected chi connectivity index (χ2v) is 8.20. The molecule has 2 atom stereocenters. The van der Waals surface area contributed by atoms with Crippen LogP contribution in [0.2, 0.25) is 0 Å². The van der Waals surface area contributed by atoms with E-state index in [9.17, 15) is 0 Å². The van der Waals surface area contributed by atoms with E-state index in [0.717, 1.165) is 5.92 Å². The van der Waals surface area contributed by atoms with E-state index in [1.165, 1.54) is 64.6 Å². The number of rotatable bonds is 3. The summed E-state index contributed by atoms with van der Waals surface area (Å²) in [4.78, 5) is 2.81. The van der Waals surface area contributed by atoms with Crippen LogP contribution in [0.3, 0.4) is 0 Å². The first-order valence-electron chi connectivity index (χ1n) is 8.50. The molecule has 0 bridgehead atoms. The van der Waals surface area contributed by atoms with Gasteiger partial charge in [0, 0.05) is 31.2 Å². The van der Waals surface area contributed by atoms with Gasteiger partial charge in [-0.15, -0.1) is 0 Å². The van der Waals surface area contributed by atoms with Gasteiger partial charge < -0.3 is 5.32 Å². The van der Waals surface area contributed by atoms with Crippen LogP contribution in [0.25, 0.3) is 0 Å². The maximum absolute atomic E-state index is 3.85. The minimum absolute atomic E-state index is 0.400. The molecule has 19 heavy (non-hydrogen) atoms. The highest BCUT2D eigenvalue weighted by Gasteiger charge is 2.46. The van der Waals surface area contributed by atoms with Crippen molar-refractivity contribution < 1.29 is 0 Å². The summed E-state index contributed by atoms with van der Waals surface area (Å²) in [6, 6.07) is 0.713. The van der Waals surface area contributed by atoms with Crippen LogP contribution in [0.4, 0.5) is 0 Å². The van der Waals surface area contributed by atoms with Gasteiger partial charge in [0.25, 0.3) is 0 Å². The van der Waals surface area contributed by atoms with Crippen LogP contribution in [-0.4, -0.2) is 36.1 Å². The zero-order valence-corrected chi connectivity index (χ0v) is 13.2. The standard InChI is InChI=1S/C17H32N2/c1-14-11-18-17(3,15-7-8-15)13-19(14)12-16(2)9-5-4-6-10-16/h14-15,18H,4-13H2,1-3H3. The van der Waals surface area contributed by atoms with Crippen molar-refractivity contribution in [2.24, 2.45) is 11.3 Å². The highest BCUT2D eigenvalue weighted by atomic mass is 15.3. The van der Waals surface area contributed by atoms with Crippen molar-refractivity contribution in [3.05, 3.63) is 0 Å². The van der Waals surface area contributed by atoms with Gasteiger partial charge in [0.15, 0.2) is 0 Å². The molecule has 2 saturated carbocycles. The number of hydrogen-bond acceptors (Lipinski definition) is 2. The van der Waals surface area contributed by atoms with Gasteiger partial charge in [-0.3, -0.25) is 4.90 Å². The topological polar surface area (TPSA) is 15.3 Å². The molecule has 2 aliphatic carbocycles. The molecular formula is C17H32N2. The summed E-state index contributed by atoms with van der Waals surface area (Å²) in [7, 11) is 0. The average molecular weight is 264 g/mol. The molecule has 1 heterocycles. The van der Waals surface area contributed by atoms with Crippen LogP contribution in [0.1, 0.15) is 65.7 Å². The predicted octanol–water partition coefficient (Wildman–Crippen LogP) is 3.42. The van der Waals surface area contributed by atoms with Crippen molar-refractivity contribution in [3.63, 3.8) is 0 Å². The van der Waals surface area contributed by atoms with E-state index in [4.69, 9.17) is 0 Å². The Morgan fingerprint density at radius 3 is 2.42 bits per heavy atom. The van der Waals surface area contributed by atoms with Crippen LogP contribution in [0.15, 0.2) is 0 Å². The SMILES string of the molecule is CC1CNC(C)(C2CC2)CN1CC1(C)CCCCC1. The van der Waals surface area contributed by atoms with Gasteiger partial charge in [-0.1, -0.05) is 26.2 Å². The molecule has 2 nitrogen and oxygen atoms in total. The molecule has 0 aromatic rings. The molecule has 2 heteroatoms. The molecule has 3 rings (SSSR count). The Bertz CT molecular complexity index is 317. The smallest absolute Gasteiger partial charge is 0.0309 e. The maximum Gasteiger partial charge on any atom is 0.0309 e. The second-order valence-electron chi connectivity index (χ2n) is 8.20. The number of nitrogens with one attached hydrogen (secondary N) is 1. The van der Waals surface area contributed by atoms with E-state index < -0.39 is 0 Å². The summed E-state index contributed by atoms with van der Waals surface area (Å²) in [5.74, 6) is 0.946. The van der Waals surface area contributed by atoms with Gasteiger partial charge in [0.2, 0.25) is 0 Å². The van der Waals surface area contributed by atoms with E-state index in [0.29, 0.717) is 17.0 Å². The van der Waals surface area contributed by atoms with Crippen molar-refractivity contribution in [2.45, 2.75) is 77.3 Å². The van der Waals surface area contributed by atoms with E-state index in [1.807, 2.05) is 0 Å². The fourth-order valence-electron chi connectivity index (χ4n) is 4.40. The van der Waals surface area contributed by atoms with Gasteiger partial charge in [0.05, 0.1) is 0 Å². The Kier molecular flexibility index (Phi) is 3.68. The quantitative estimate of drug-likeness (QED) is 0.840. The summed E-state index contributed by atoms with van der Waals surface area (Å²) < 4.78 is 0. The van der Waals surface area contributed by atoms with Crippen LogP contribution < -0.4 is 5.32 Å². The third-order valence-corrected chi connectivity index (χ3v) is 6.08. The van der Waals surface area contributed by atoms with E-state index in [1.54, 1.807) is 0 Å². The first-order chi connectivity index (χ1) is 9.01. The fraction of sp³-hybridized carbons (Fsp3) is 1.00. The normalized spacial score (nSPS) is 40.3. The molecule has 2 unspecified atom stereocenters. The molecule has 0 aromatic carbocycles. The first kappa shape index (κ1) is 13.9. The lowest BCUT2D eigenvalue weighted by molar-refractivity contribution is 0.0333. The minimum Gasteiger partial charge on any atom is -0.308 e. The summed E-state index contributed by atoms with van der Waals surface area (Å²) >= 11 is 0. The Balaban J connectivity index is 1.64. The molecule has 1 aliphatic heterocycles. The van der Waals surface area contributed by atoms with E-state index in [-0.39, 0.29) is 0 Å². The van der Waals surface area contributed by atoms with Crippen molar-refractivity contribution in [1.82, 2.24) is 10.2 Å². The number of nitrogens with zero attached hydrogens (tertiary/aromatic N) is 1. The molecule has 1 N–H and O–H groups in total. The van der Waals surface area contributed by atoms with Gasteiger partial charge in [0.1, 0.15) is 0 Å². The number of piperazine rings is 1. The monoisotopic (exact) mass is 264 g/mol. The Hall–Kier alpha value is -0.0800. The highest BCUT2D eigenvalue weighted by molar-refractivity contribution is 5.04. The molecule has 0 radical (unpaired) electrons. The minimum atomic E-state index is 0.400. The fourth-order valence-corrected chi connectivity index (χ4v) is 4.40. The molecule has 3 aliphatic rings. The number of hydrogen-bond donors (Lipinski definition) is 1. The zero-order valence-electron chi connectivity index (χ0n) is 13.2. The third kappa shape index (κ3) is 3.00. The molecular weight excluding hydrogens is 232 g/mol. The molecule has 0 amide bonds. The maximum atomic E-state index is 3.85. The second kappa shape index (κ2) is 5.04. The third-order valence-electron chi connectivity index (χ3n) is 6.08. The highest BCUT2D eigenvalue weighted by Crippen LogP contribution is 2.43.